The lowest BCUT2D eigenvalue weighted by molar-refractivity contribution is -0.885. The quantitative estimate of drug-likeness (QED) is 0.857. The van der Waals surface area contributed by atoms with Crippen molar-refractivity contribution in [3.63, 3.8) is 0 Å². The van der Waals surface area contributed by atoms with Crippen LogP contribution in [0.3, 0.4) is 0 Å². The Morgan fingerprint density at radius 3 is 2.32 bits per heavy atom. The molecule has 2 N–H and O–H groups in total. The molecule has 0 radical (unpaired) electrons. The van der Waals surface area contributed by atoms with Gasteiger partial charge in [-0.1, -0.05) is 45.0 Å². The van der Waals surface area contributed by atoms with Crippen LogP contribution in [0.1, 0.15) is 31.9 Å². The van der Waals surface area contributed by atoms with E-state index in [2.05, 4.69) is 50.4 Å². The van der Waals surface area contributed by atoms with Crippen molar-refractivity contribution in [2.24, 2.45) is 0 Å². The lowest BCUT2D eigenvalue weighted by Crippen LogP contribution is -3.08. The third-order valence-corrected chi connectivity index (χ3v) is 3.99. The largest absolute Gasteiger partial charge is 0.326 e. The van der Waals surface area contributed by atoms with Gasteiger partial charge in [-0.25, -0.2) is 8.78 Å². The van der Waals surface area contributed by atoms with E-state index in [-0.39, 0.29) is 23.6 Å². The van der Waals surface area contributed by atoms with Crippen molar-refractivity contribution >= 4 is 11.6 Å². The number of rotatable bonds is 5. The third kappa shape index (κ3) is 5.64. The Balaban J connectivity index is 1.92. The summed E-state index contributed by atoms with van der Waals surface area (Å²) >= 11 is 0. The molecule has 0 bridgehead atoms. The van der Waals surface area contributed by atoms with E-state index >= 15 is 0 Å². The van der Waals surface area contributed by atoms with Crippen LogP contribution in [0.2, 0.25) is 0 Å². The maximum Gasteiger partial charge on any atom is 0.279 e. The molecule has 0 aromatic heterocycles. The lowest BCUT2D eigenvalue weighted by Gasteiger charge is -2.19. The average Bonchev–Trinajstić information content (AvgIpc) is 2.50. The second-order valence-corrected chi connectivity index (χ2v) is 7.43. The molecule has 5 heteroatoms. The first kappa shape index (κ1) is 19.1. The van der Waals surface area contributed by atoms with E-state index in [4.69, 9.17) is 0 Å². The van der Waals surface area contributed by atoms with E-state index in [9.17, 15) is 13.6 Å². The number of anilines is 1. The van der Waals surface area contributed by atoms with Gasteiger partial charge in [0.15, 0.2) is 6.54 Å². The van der Waals surface area contributed by atoms with Gasteiger partial charge in [0.05, 0.1) is 12.7 Å². The highest BCUT2D eigenvalue weighted by molar-refractivity contribution is 5.91. The molecule has 2 aromatic carbocycles. The number of halogens is 2. The number of hydrogen-bond acceptors (Lipinski definition) is 1. The Morgan fingerprint density at radius 1 is 1.08 bits per heavy atom. The summed E-state index contributed by atoms with van der Waals surface area (Å²) in [5.74, 6) is -1.59. The summed E-state index contributed by atoms with van der Waals surface area (Å²) in [6.07, 6.45) is 0. The van der Waals surface area contributed by atoms with Crippen LogP contribution in [0.5, 0.6) is 0 Å². The van der Waals surface area contributed by atoms with E-state index in [1.807, 2.05) is 7.05 Å². The molecule has 0 aliphatic heterocycles. The zero-order chi connectivity index (χ0) is 18.6. The summed E-state index contributed by atoms with van der Waals surface area (Å²) < 4.78 is 26.7. The zero-order valence-corrected chi connectivity index (χ0v) is 15.1. The highest BCUT2D eigenvalue weighted by Gasteiger charge is 2.15. The van der Waals surface area contributed by atoms with Gasteiger partial charge in [0.25, 0.3) is 5.91 Å². The van der Waals surface area contributed by atoms with Crippen LogP contribution in [-0.4, -0.2) is 19.5 Å². The van der Waals surface area contributed by atoms with Crippen LogP contribution in [0.4, 0.5) is 14.5 Å². The molecule has 0 saturated carbocycles. The zero-order valence-electron chi connectivity index (χ0n) is 15.1. The van der Waals surface area contributed by atoms with Crippen LogP contribution in [0.15, 0.2) is 42.5 Å². The highest BCUT2D eigenvalue weighted by Crippen LogP contribution is 2.22. The molecule has 0 spiro atoms. The van der Waals surface area contributed by atoms with Crippen LogP contribution in [0.25, 0.3) is 0 Å². The molecule has 0 saturated heterocycles. The van der Waals surface area contributed by atoms with Gasteiger partial charge in [-0.05, 0) is 23.1 Å². The Morgan fingerprint density at radius 2 is 1.72 bits per heavy atom. The van der Waals surface area contributed by atoms with Gasteiger partial charge in [0.2, 0.25) is 0 Å². The molecule has 1 unspecified atom stereocenters. The summed E-state index contributed by atoms with van der Waals surface area (Å²) in [6.45, 7) is 7.32. The summed E-state index contributed by atoms with van der Waals surface area (Å²) in [4.78, 5) is 13.0. The normalized spacial score (nSPS) is 12.7. The van der Waals surface area contributed by atoms with E-state index in [1.54, 1.807) is 0 Å². The molecule has 2 rings (SSSR count). The van der Waals surface area contributed by atoms with E-state index in [1.165, 1.54) is 5.56 Å². The minimum absolute atomic E-state index is 0.103. The van der Waals surface area contributed by atoms with Gasteiger partial charge < -0.3 is 10.2 Å². The summed E-state index contributed by atoms with van der Waals surface area (Å²) in [6, 6.07) is 11.3. The Kier molecular flexibility index (Phi) is 5.90. The van der Waals surface area contributed by atoms with Gasteiger partial charge in [0, 0.05) is 11.6 Å². The van der Waals surface area contributed by atoms with Crippen LogP contribution in [0, 0.1) is 11.6 Å². The van der Waals surface area contributed by atoms with Crippen molar-refractivity contribution in [2.45, 2.75) is 32.7 Å². The van der Waals surface area contributed by atoms with Crippen molar-refractivity contribution in [2.75, 3.05) is 18.9 Å². The molecule has 3 nitrogen and oxygen atoms in total. The first-order valence-corrected chi connectivity index (χ1v) is 8.31. The average molecular weight is 347 g/mol. The van der Waals surface area contributed by atoms with E-state index < -0.39 is 11.6 Å². The summed E-state index contributed by atoms with van der Waals surface area (Å²) in [5.41, 5.74) is 2.35. The Hall–Kier alpha value is -2.27. The second-order valence-electron chi connectivity index (χ2n) is 7.43. The van der Waals surface area contributed by atoms with Gasteiger partial charge in [-0.15, -0.1) is 0 Å². The molecule has 0 heterocycles. The fourth-order valence-corrected chi connectivity index (χ4v) is 2.60. The van der Waals surface area contributed by atoms with Crippen LogP contribution < -0.4 is 10.2 Å². The molecular formula is C20H25F2N2O+. The maximum absolute atomic E-state index is 13.6. The van der Waals surface area contributed by atoms with Crippen molar-refractivity contribution < 1.29 is 18.5 Å². The fraction of sp³-hybridized carbons (Fsp3) is 0.350. The lowest BCUT2D eigenvalue weighted by atomic mass is 9.87. The topological polar surface area (TPSA) is 33.5 Å². The molecular weight excluding hydrogens is 322 g/mol. The molecule has 25 heavy (non-hydrogen) atoms. The first-order valence-electron chi connectivity index (χ1n) is 8.31. The molecule has 1 amide bonds. The summed E-state index contributed by atoms with van der Waals surface area (Å²) in [7, 11) is 1.89. The number of hydrogen-bond donors (Lipinski definition) is 2. The highest BCUT2D eigenvalue weighted by atomic mass is 19.1. The molecule has 1 atom stereocenters. The smallest absolute Gasteiger partial charge is 0.279 e. The molecule has 0 aliphatic carbocycles. The molecule has 0 fully saturated rings. The van der Waals surface area contributed by atoms with Crippen molar-refractivity contribution in [1.82, 2.24) is 0 Å². The number of nitrogens with one attached hydrogen (secondary N) is 2. The Bertz CT molecular complexity index is 736. The van der Waals surface area contributed by atoms with Gasteiger partial charge in [-0.2, -0.15) is 0 Å². The van der Waals surface area contributed by atoms with Gasteiger partial charge >= 0.3 is 0 Å². The number of carbonyl (C=O) groups is 1. The molecule has 134 valence electrons. The Labute approximate surface area is 147 Å². The first-order chi connectivity index (χ1) is 11.6. The van der Waals surface area contributed by atoms with Crippen LogP contribution in [-0.2, 0) is 16.8 Å². The van der Waals surface area contributed by atoms with Gasteiger partial charge in [-0.3, -0.25) is 4.79 Å². The van der Waals surface area contributed by atoms with Crippen LogP contribution >= 0.6 is 0 Å². The summed E-state index contributed by atoms with van der Waals surface area (Å²) in [5, 5.41) is 2.42. The fourth-order valence-electron chi connectivity index (χ4n) is 2.60. The van der Waals surface area contributed by atoms with E-state index in [0.29, 0.717) is 6.54 Å². The van der Waals surface area contributed by atoms with Crippen molar-refractivity contribution in [3.8, 4) is 0 Å². The minimum atomic E-state index is -0.648. The molecule has 0 aliphatic rings. The number of benzene rings is 2. The monoisotopic (exact) mass is 347 g/mol. The molecule has 2 aromatic rings. The minimum Gasteiger partial charge on any atom is -0.326 e. The van der Waals surface area contributed by atoms with Gasteiger partial charge in [0.1, 0.15) is 18.2 Å². The SMILES string of the molecule is C[NH+](CC(=O)Nc1cc(F)ccc1F)Cc1ccc(C(C)(C)C)cc1. The standard InChI is InChI=1S/C20H24F2N2O/c1-20(2,3)15-7-5-14(6-8-15)12-24(4)13-19(25)23-18-11-16(21)9-10-17(18)22/h5-11H,12-13H2,1-4H3,(H,23,25)/p+1. The predicted molar refractivity (Wildman–Crippen MR) is 95.6 cm³/mol. The van der Waals surface area contributed by atoms with Crippen molar-refractivity contribution in [3.05, 3.63) is 65.2 Å². The van der Waals surface area contributed by atoms with E-state index in [0.717, 1.165) is 28.7 Å². The number of likely N-dealkylation sites (N-methyl/N-ethyl adjacent to an activating group) is 1. The predicted octanol–water partition coefficient (Wildman–Crippen LogP) is 2.92. The maximum atomic E-state index is 13.6. The second kappa shape index (κ2) is 7.74. The third-order valence-electron chi connectivity index (χ3n) is 3.99. The number of carbonyl (C=O) groups excluding carboxylic acids is 1. The number of amides is 1. The van der Waals surface area contributed by atoms with Crippen molar-refractivity contribution in [1.29, 1.82) is 0 Å². The number of quaternary nitrogens is 1.